The molecule has 0 N–H and O–H groups in total. The van der Waals surface area contributed by atoms with Crippen LogP contribution >= 0.6 is 15.9 Å². The Morgan fingerprint density at radius 1 is 0.556 bits per heavy atom. The van der Waals surface area contributed by atoms with Crippen LogP contribution in [0.3, 0.4) is 0 Å². The van der Waals surface area contributed by atoms with Gasteiger partial charge in [-0.2, -0.15) is 0 Å². The van der Waals surface area contributed by atoms with Crippen LogP contribution in [0.15, 0.2) is 0 Å². The number of hydrogen-bond donors (Lipinski definition) is 0. The molecule has 27 heavy (non-hydrogen) atoms. The molecular weight excluding hydrogens is 396 g/mol. The summed E-state index contributed by atoms with van der Waals surface area (Å²) in [6.07, 6.45) is 23.4. The summed E-state index contributed by atoms with van der Waals surface area (Å²) < 4.78 is 6.96. The van der Waals surface area contributed by atoms with Crippen molar-refractivity contribution in [2.75, 3.05) is 0 Å². The van der Waals surface area contributed by atoms with Crippen LogP contribution in [0.4, 0.5) is 0 Å². The molecule has 0 aromatic rings. The fourth-order valence-corrected chi connectivity index (χ4v) is 10.7. The third kappa shape index (κ3) is 2.57. The van der Waals surface area contributed by atoms with Crippen molar-refractivity contribution in [1.29, 1.82) is 0 Å². The molecule has 0 aromatic heterocycles. The van der Waals surface area contributed by atoms with Gasteiger partial charge in [0.15, 0.2) is 0 Å². The fraction of sp³-hybridized carbons (Fsp3) is 1.00. The number of rotatable bonds is 0. The predicted octanol–water partition coefficient (Wildman–Crippen LogP) is 7.12. The smallest absolute Gasteiger partial charge is 0.0612 e. The highest BCUT2D eigenvalue weighted by atomic mass is 79.9. The van der Waals surface area contributed by atoms with E-state index in [4.69, 9.17) is 4.74 Å². The Hall–Kier alpha value is 0.440. The van der Waals surface area contributed by atoms with Crippen LogP contribution in [-0.2, 0) is 4.74 Å². The summed E-state index contributed by atoms with van der Waals surface area (Å²) in [4.78, 5) is 0.794. The largest absolute Gasteiger partial charge is 0.374 e. The summed E-state index contributed by atoms with van der Waals surface area (Å²) >= 11 is 4.12. The van der Waals surface area contributed by atoms with E-state index in [1.54, 1.807) is 12.8 Å². The molecule has 0 bridgehead atoms. The van der Waals surface area contributed by atoms with Gasteiger partial charge in [-0.15, -0.1) is 0 Å². The first-order chi connectivity index (χ1) is 13.3. The molecule has 0 amide bonds. The molecular formula is C25H39BrO. The first-order valence-corrected chi connectivity index (χ1v) is 13.5. The van der Waals surface area contributed by atoms with Gasteiger partial charge < -0.3 is 4.74 Å². The van der Waals surface area contributed by atoms with E-state index in [9.17, 15) is 0 Å². The predicted molar refractivity (Wildman–Crippen MR) is 114 cm³/mol. The van der Waals surface area contributed by atoms with Crippen molar-refractivity contribution in [3.05, 3.63) is 0 Å². The molecule has 6 fully saturated rings. The second-order valence-electron chi connectivity index (χ2n) is 11.2. The third-order valence-corrected chi connectivity index (χ3v) is 11.4. The van der Waals surface area contributed by atoms with E-state index >= 15 is 0 Å². The monoisotopic (exact) mass is 434 g/mol. The van der Waals surface area contributed by atoms with Gasteiger partial charge in [0.2, 0.25) is 0 Å². The SMILES string of the molecule is BrC1CCC2C3CCCCC3C3(C4CCCCC4OC4CCCCC43)C2C1. The van der Waals surface area contributed by atoms with Gasteiger partial charge in [-0.3, -0.25) is 0 Å². The Bertz CT molecular complexity index is 539. The lowest BCUT2D eigenvalue weighted by molar-refractivity contribution is -0.241. The van der Waals surface area contributed by atoms with Crippen LogP contribution in [0, 0.1) is 40.9 Å². The maximum absolute atomic E-state index is 6.96. The van der Waals surface area contributed by atoms with Crippen molar-refractivity contribution < 1.29 is 4.74 Å². The first kappa shape index (κ1) is 18.2. The molecule has 2 heteroatoms. The molecule has 0 radical (unpaired) electrons. The summed E-state index contributed by atoms with van der Waals surface area (Å²) in [6, 6.07) is 0. The molecule has 5 saturated carbocycles. The Balaban J connectivity index is 1.50. The minimum atomic E-state index is 0.620. The quantitative estimate of drug-likeness (QED) is 0.368. The van der Waals surface area contributed by atoms with Crippen molar-refractivity contribution in [3.8, 4) is 0 Å². The second-order valence-corrected chi connectivity index (χ2v) is 12.5. The van der Waals surface area contributed by atoms with Gasteiger partial charge in [-0.05, 0) is 98.7 Å². The van der Waals surface area contributed by atoms with Gasteiger partial charge in [0.05, 0.1) is 12.2 Å². The van der Waals surface area contributed by atoms with Crippen LogP contribution in [0.25, 0.3) is 0 Å². The highest BCUT2D eigenvalue weighted by Gasteiger charge is 2.69. The number of fused-ring (bicyclic) bond motifs is 9. The Labute approximate surface area is 174 Å². The normalized spacial score (nSPS) is 57.4. The van der Waals surface area contributed by atoms with Crippen molar-refractivity contribution in [3.63, 3.8) is 0 Å². The molecule has 9 atom stereocenters. The topological polar surface area (TPSA) is 9.23 Å². The molecule has 1 aliphatic heterocycles. The zero-order valence-electron chi connectivity index (χ0n) is 17.1. The molecule has 152 valence electrons. The number of alkyl halides is 1. The molecule has 6 aliphatic rings. The van der Waals surface area contributed by atoms with Gasteiger partial charge in [-0.25, -0.2) is 0 Å². The lowest BCUT2D eigenvalue weighted by Crippen LogP contribution is -2.62. The standard InChI is InChI=1S/C25H39BrO/c26-16-13-14-18-17-7-1-2-8-19(17)25(22(18)15-16)20-9-3-5-11-23(20)27-24-12-6-4-10-21(24)25/h16-24H,1-15H2. The molecule has 1 heterocycles. The zero-order chi connectivity index (χ0) is 18.0. The van der Waals surface area contributed by atoms with Crippen LogP contribution in [0.5, 0.6) is 0 Å². The molecule has 6 rings (SSSR count). The number of halogens is 1. The van der Waals surface area contributed by atoms with Crippen molar-refractivity contribution in [1.82, 2.24) is 0 Å². The van der Waals surface area contributed by atoms with E-state index in [0.717, 1.165) is 40.3 Å². The summed E-state index contributed by atoms with van der Waals surface area (Å²) in [7, 11) is 0. The maximum atomic E-state index is 6.96. The molecule has 5 aliphatic carbocycles. The second kappa shape index (κ2) is 7.00. The van der Waals surface area contributed by atoms with Crippen molar-refractivity contribution >= 4 is 15.9 Å². The Kier molecular flexibility index (Phi) is 4.73. The van der Waals surface area contributed by atoms with E-state index in [2.05, 4.69) is 15.9 Å². The van der Waals surface area contributed by atoms with Gasteiger partial charge in [0.1, 0.15) is 0 Å². The van der Waals surface area contributed by atoms with Crippen molar-refractivity contribution in [2.45, 2.75) is 113 Å². The number of hydrogen-bond acceptors (Lipinski definition) is 1. The maximum Gasteiger partial charge on any atom is 0.0612 e. The van der Waals surface area contributed by atoms with Gasteiger partial charge in [0.25, 0.3) is 0 Å². The molecule has 1 spiro atoms. The van der Waals surface area contributed by atoms with E-state index in [1.165, 1.54) is 83.5 Å². The lowest BCUT2D eigenvalue weighted by atomic mass is 9.46. The van der Waals surface area contributed by atoms with E-state index in [0.29, 0.717) is 17.6 Å². The van der Waals surface area contributed by atoms with Crippen LogP contribution < -0.4 is 0 Å². The Morgan fingerprint density at radius 2 is 1.11 bits per heavy atom. The fourth-order valence-electron chi connectivity index (χ4n) is 10.1. The first-order valence-electron chi connectivity index (χ1n) is 12.6. The molecule has 1 saturated heterocycles. The lowest BCUT2D eigenvalue weighted by Gasteiger charge is -2.63. The van der Waals surface area contributed by atoms with Crippen LogP contribution in [-0.4, -0.2) is 17.0 Å². The zero-order valence-corrected chi connectivity index (χ0v) is 18.7. The average molecular weight is 435 g/mol. The minimum Gasteiger partial charge on any atom is -0.374 e. The van der Waals surface area contributed by atoms with Gasteiger partial charge in [0, 0.05) is 4.83 Å². The summed E-state index contributed by atoms with van der Waals surface area (Å²) in [6.45, 7) is 0. The van der Waals surface area contributed by atoms with E-state index in [-0.39, 0.29) is 0 Å². The van der Waals surface area contributed by atoms with Crippen molar-refractivity contribution in [2.24, 2.45) is 40.9 Å². The number of ether oxygens (including phenoxy) is 1. The van der Waals surface area contributed by atoms with E-state index < -0.39 is 0 Å². The van der Waals surface area contributed by atoms with Gasteiger partial charge in [-0.1, -0.05) is 54.5 Å². The Morgan fingerprint density at radius 3 is 1.81 bits per heavy atom. The summed E-state index contributed by atoms with van der Waals surface area (Å²) in [5.41, 5.74) is 0.663. The van der Waals surface area contributed by atoms with Crippen LogP contribution in [0.2, 0.25) is 0 Å². The van der Waals surface area contributed by atoms with Crippen LogP contribution in [0.1, 0.15) is 96.3 Å². The third-order valence-electron chi connectivity index (χ3n) is 10.5. The average Bonchev–Trinajstić information content (AvgIpc) is 2.99. The molecule has 9 unspecified atom stereocenters. The summed E-state index contributed by atoms with van der Waals surface area (Å²) in [5.74, 6) is 6.02. The van der Waals surface area contributed by atoms with E-state index in [1.807, 2.05) is 0 Å². The molecule has 0 aromatic carbocycles. The van der Waals surface area contributed by atoms with Gasteiger partial charge >= 0.3 is 0 Å². The summed E-state index contributed by atoms with van der Waals surface area (Å²) in [5, 5.41) is 0. The highest BCUT2D eigenvalue weighted by molar-refractivity contribution is 9.09. The molecule has 1 nitrogen and oxygen atoms in total. The minimum absolute atomic E-state index is 0.620. The highest BCUT2D eigenvalue weighted by Crippen LogP contribution is 2.73.